The fraction of sp³-hybridized carbons (Fsp3) is 0.667. The Labute approximate surface area is 94.4 Å². The molecule has 6 heteroatoms. The van der Waals surface area contributed by atoms with Crippen LogP contribution in [0, 0.1) is 6.92 Å². The SMILES string of the molecule is Cc1ncsc1C(N)CCCS(C)(=O)=O. The quantitative estimate of drug-likeness (QED) is 0.852. The number of thiazole rings is 1. The zero-order valence-electron chi connectivity index (χ0n) is 8.93. The van der Waals surface area contributed by atoms with E-state index in [4.69, 9.17) is 5.73 Å². The van der Waals surface area contributed by atoms with Crippen LogP contribution in [0.25, 0.3) is 0 Å². The third kappa shape index (κ3) is 4.27. The number of nitrogens with two attached hydrogens (primary N) is 1. The number of aromatic nitrogens is 1. The Morgan fingerprint density at radius 3 is 2.73 bits per heavy atom. The molecule has 0 aliphatic heterocycles. The zero-order chi connectivity index (χ0) is 11.5. The summed E-state index contributed by atoms with van der Waals surface area (Å²) in [6.07, 6.45) is 2.55. The summed E-state index contributed by atoms with van der Waals surface area (Å²) in [4.78, 5) is 5.17. The van der Waals surface area contributed by atoms with Gasteiger partial charge in [-0.05, 0) is 19.8 Å². The number of rotatable bonds is 5. The lowest BCUT2D eigenvalue weighted by Crippen LogP contribution is -2.12. The smallest absolute Gasteiger partial charge is 0.147 e. The Bertz CT molecular complexity index is 412. The van der Waals surface area contributed by atoms with Gasteiger partial charge in [0.2, 0.25) is 0 Å². The summed E-state index contributed by atoms with van der Waals surface area (Å²) in [6.45, 7) is 1.92. The predicted octanol–water partition coefficient (Wildman–Crippen LogP) is 1.28. The molecule has 4 nitrogen and oxygen atoms in total. The molecule has 1 rings (SSSR count). The molecular formula is C9H16N2O2S2. The fourth-order valence-corrected chi connectivity index (χ4v) is 2.89. The van der Waals surface area contributed by atoms with E-state index in [-0.39, 0.29) is 11.8 Å². The molecule has 0 spiro atoms. The van der Waals surface area contributed by atoms with Gasteiger partial charge in [-0.25, -0.2) is 13.4 Å². The summed E-state index contributed by atoms with van der Waals surface area (Å²) >= 11 is 1.53. The highest BCUT2D eigenvalue weighted by molar-refractivity contribution is 7.90. The first-order valence-corrected chi connectivity index (χ1v) is 7.67. The van der Waals surface area contributed by atoms with Crippen molar-refractivity contribution >= 4 is 21.2 Å². The third-order valence-electron chi connectivity index (χ3n) is 2.15. The molecule has 0 aliphatic rings. The highest BCUT2D eigenvalue weighted by Gasteiger charge is 2.12. The maximum Gasteiger partial charge on any atom is 0.147 e. The van der Waals surface area contributed by atoms with Gasteiger partial charge in [-0.2, -0.15) is 0 Å². The van der Waals surface area contributed by atoms with Crippen molar-refractivity contribution in [3.05, 3.63) is 16.1 Å². The first-order chi connectivity index (χ1) is 6.90. The molecule has 86 valence electrons. The van der Waals surface area contributed by atoms with Gasteiger partial charge in [0.1, 0.15) is 9.84 Å². The van der Waals surface area contributed by atoms with Gasteiger partial charge >= 0.3 is 0 Å². The molecule has 0 amide bonds. The first kappa shape index (κ1) is 12.6. The molecule has 0 saturated carbocycles. The number of sulfone groups is 1. The molecule has 1 aromatic rings. The summed E-state index contributed by atoms with van der Waals surface area (Å²) in [7, 11) is -2.87. The highest BCUT2D eigenvalue weighted by Crippen LogP contribution is 2.23. The van der Waals surface area contributed by atoms with E-state index >= 15 is 0 Å². The number of aryl methyl sites for hydroxylation is 1. The molecule has 2 N–H and O–H groups in total. The lowest BCUT2D eigenvalue weighted by Gasteiger charge is -2.09. The van der Waals surface area contributed by atoms with Crippen LogP contribution in [0.5, 0.6) is 0 Å². The molecule has 0 bridgehead atoms. The monoisotopic (exact) mass is 248 g/mol. The lowest BCUT2D eigenvalue weighted by molar-refractivity contribution is 0.589. The second-order valence-corrected chi connectivity index (χ2v) is 6.83. The van der Waals surface area contributed by atoms with E-state index in [9.17, 15) is 8.42 Å². The summed E-state index contributed by atoms with van der Waals surface area (Å²) in [5, 5.41) is 0. The maximum absolute atomic E-state index is 10.9. The normalized spacial score (nSPS) is 14.1. The third-order valence-corrected chi connectivity index (χ3v) is 4.24. The molecule has 0 aliphatic carbocycles. The predicted molar refractivity (Wildman–Crippen MR) is 62.7 cm³/mol. The van der Waals surface area contributed by atoms with Gasteiger partial charge in [0, 0.05) is 22.9 Å². The van der Waals surface area contributed by atoms with Crippen LogP contribution in [0.3, 0.4) is 0 Å². The van der Waals surface area contributed by atoms with Gasteiger partial charge in [-0.3, -0.25) is 0 Å². The highest BCUT2D eigenvalue weighted by atomic mass is 32.2. The second kappa shape index (κ2) is 5.05. The van der Waals surface area contributed by atoms with Crippen molar-refractivity contribution in [1.29, 1.82) is 0 Å². The Morgan fingerprint density at radius 2 is 2.27 bits per heavy atom. The first-order valence-electron chi connectivity index (χ1n) is 4.73. The van der Waals surface area contributed by atoms with E-state index in [0.717, 1.165) is 10.6 Å². The van der Waals surface area contributed by atoms with E-state index in [0.29, 0.717) is 12.8 Å². The van der Waals surface area contributed by atoms with Crippen molar-refractivity contribution in [2.45, 2.75) is 25.8 Å². The Morgan fingerprint density at radius 1 is 1.60 bits per heavy atom. The zero-order valence-corrected chi connectivity index (χ0v) is 10.6. The van der Waals surface area contributed by atoms with E-state index in [1.54, 1.807) is 5.51 Å². The minimum atomic E-state index is -2.87. The topological polar surface area (TPSA) is 73.0 Å². The van der Waals surface area contributed by atoms with Gasteiger partial charge in [-0.1, -0.05) is 0 Å². The van der Waals surface area contributed by atoms with E-state index in [1.165, 1.54) is 17.6 Å². The van der Waals surface area contributed by atoms with E-state index in [1.807, 2.05) is 6.92 Å². The van der Waals surface area contributed by atoms with Crippen molar-refractivity contribution in [3.63, 3.8) is 0 Å². The molecule has 0 radical (unpaired) electrons. The fourth-order valence-electron chi connectivity index (χ4n) is 1.36. The van der Waals surface area contributed by atoms with Crippen LogP contribution in [-0.2, 0) is 9.84 Å². The molecule has 0 saturated heterocycles. The van der Waals surface area contributed by atoms with Crippen LogP contribution in [0.1, 0.15) is 29.5 Å². The molecular weight excluding hydrogens is 232 g/mol. The molecule has 1 atom stereocenters. The number of nitrogens with zero attached hydrogens (tertiary/aromatic N) is 1. The lowest BCUT2D eigenvalue weighted by atomic mass is 10.1. The Balaban J connectivity index is 2.44. The van der Waals surface area contributed by atoms with Crippen LogP contribution in [0.4, 0.5) is 0 Å². The van der Waals surface area contributed by atoms with Crippen LogP contribution in [-0.4, -0.2) is 25.4 Å². The van der Waals surface area contributed by atoms with Crippen LogP contribution < -0.4 is 5.73 Å². The minimum Gasteiger partial charge on any atom is -0.323 e. The van der Waals surface area contributed by atoms with Crippen molar-refractivity contribution in [2.24, 2.45) is 5.73 Å². The van der Waals surface area contributed by atoms with Gasteiger partial charge in [-0.15, -0.1) is 11.3 Å². The molecule has 1 aromatic heterocycles. The maximum atomic E-state index is 10.9. The van der Waals surface area contributed by atoms with Gasteiger partial charge in [0.15, 0.2) is 0 Å². The van der Waals surface area contributed by atoms with Gasteiger partial charge in [0.05, 0.1) is 11.2 Å². The second-order valence-electron chi connectivity index (χ2n) is 3.68. The molecule has 0 aromatic carbocycles. The number of hydrogen-bond acceptors (Lipinski definition) is 5. The molecule has 1 heterocycles. The molecule has 15 heavy (non-hydrogen) atoms. The average Bonchev–Trinajstić information content (AvgIpc) is 2.48. The summed E-state index contributed by atoms with van der Waals surface area (Å²) in [6, 6.07) is -0.0840. The van der Waals surface area contributed by atoms with Crippen molar-refractivity contribution in [1.82, 2.24) is 4.98 Å². The summed E-state index contributed by atoms with van der Waals surface area (Å²) in [5.41, 5.74) is 8.66. The van der Waals surface area contributed by atoms with Crippen LogP contribution in [0.15, 0.2) is 5.51 Å². The summed E-state index contributed by atoms with van der Waals surface area (Å²) < 4.78 is 21.8. The Kier molecular flexibility index (Phi) is 4.24. The van der Waals surface area contributed by atoms with Crippen LogP contribution in [0.2, 0.25) is 0 Å². The Hall–Kier alpha value is -0.460. The molecule has 1 unspecified atom stereocenters. The largest absolute Gasteiger partial charge is 0.323 e. The minimum absolute atomic E-state index is 0.0840. The molecule has 0 fully saturated rings. The van der Waals surface area contributed by atoms with Crippen molar-refractivity contribution in [2.75, 3.05) is 12.0 Å². The summed E-state index contributed by atoms with van der Waals surface area (Å²) in [5.74, 6) is 0.207. The van der Waals surface area contributed by atoms with Gasteiger partial charge < -0.3 is 5.73 Å². The van der Waals surface area contributed by atoms with Gasteiger partial charge in [0.25, 0.3) is 0 Å². The van der Waals surface area contributed by atoms with Crippen LogP contribution >= 0.6 is 11.3 Å². The van der Waals surface area contributed by atoms with Crippen molar-refractivity contribution < 1.29 is 8.42 Å². The average molecular weight is 248 g/mol. The van der Waals surface area contributed by atoms with E-state index in [2.05, 4.69) is 4.98 Å². The van der Waals surface area contributed by atoms with Crippen molar-refractivity contribution in [3.8, 4) is 0 Å². The number of hydrogen-bond donors (Lipinski definition) is 1. The standard InChI is InChI=1S/C9H16N2O2S2/c1-7-9(14-6-11-7)8(10)4-3-5-15(2,12)13/h6,8H,3-5,10H2,1-2H3. The van der Waals surface area contributed by atoms with E-state index < -0.39 is 9.84 Å².